The number of hydrogen-bond acceptors (Lipinski definition) is 7. The normalized spacial score (nSPS) is 22.5. The summed E-state index contributed by atoms with van der Waals surface area (Å²) in [5.74, 6) is 0.689. The fraction of sp³-hybridized carbons (Fsp3) is 0.448. The number of hydrazine groups is 1. The zero-order chi connectivity index (χ0) is 26.1. The number of benzene rings is 2. The fourth-order valence-electron chi connectivity index (χ4n) is 4.95. The lowest BCUT2D eigenvalue weighted by molar-refractivity contribution is -0.130. The van der Waals surface area contributed by atoms with Crippen LogP contribution in [0.4, 0.5) is 0 Å². The van der Waals surface area contributed by atoms with Gasteiger partial charge in [-0.25, -0.2) is 10.4 Å². The van der Waals surface area contributed by atoms with Crippen molar-refractivity contribution in [3.8, 4) is 5.75 Å². The molecule has 1 aliphatic heterocycles. The van der Waals surface area contributed by atoms with E-state index in [1.165, 1.54) is 0 Å². The summed E-state index contributed by atoms with van der Waals surface area (Å²) in [5, 5.41) is 19.8. The van der Waals surface area contributed by atoms with Crippen molar-refractivity contribution in [3.05, 3.63) is 78.4 Å². The van der Waals surface area contributed by atoms with Gasteiger partial charge in [-0.1, -0.05) is 55.7 Å². The average Bonchev–Trinajstić information content (AvgIpc) is 3.31. The predicted molar refractivity (Wildman–Crippen MR) is 142 cm³/mol. The molecule has 4 rings (SSSR count). The third-order valence-electron chi connectivity index (χ3n) is 6.99. The number of aliphatic imine (C=N–C) groups is 1. The van der Waals surface area contributed by atoms with Crippen LogP contribution >= 0.6 is 0 Å². The van der Waals surface area contributed by atoms with Gasteiger partial charge >= 0.3 is 0 Å². The molecule has 1 aliphatic carbocycles. The van der Waals surface area contributed by atoms with E-state index in [4.69, 9.17) is 19.6 Å². The molecular weight excluding hydrogens is 470 g/mol. The molecule has 0 bridgehead atoms. The quantitative estimate of drug-likeness (QED) is 0.198. The molecule has 8 heteroatoms. The van der Waals surface area contributed by atoms with Crippen molar-refractivity contribution < 1.29 is 24.5 Å². The van der Waals surface area contributed by atoms with E-state index in [0.29, 0.717) is 37.5 Å². The summed E-state index contributed by atoms with van der Waals surface area (Å²) in [7, 11) is 0. The molecule has 0 spiro atoms. The highest BCUT2D eigenvalue weighted by molar-refractivity contribution is 6.01. The maximum Gasteiger partial charge on any atom is 0.266 e. The number of rotatable bonds is 12. The molecule has 0 aromatic heterocycles. The highest BCUT2D eigenvalue weighted by Gasteiger charge is 2.52. The summed E-state index contributed by atoms with van der Waals surface area (Å²) in [6.45, 7) is 4.66. The van der Waals surface area contributed by atoms with Crippen LogP contribution in [-0.2, 0) is 9.53 Å². The summed E-state index contributed by atoms with van der Waals surface area (Å²) >= 11 is 0. The molecule has 2 aromatic rings. The Balaban J connectivity index is 1.57. The number of aliphatic hydroxyl groups is 2. The van der Waals surface area contributed by atoms with E-state index in [1.54, 1.807) is 6.08 Å². The number of aliphatic hydroxyl groups excluding tert-OH is 1. The zero-order valence-corrected chi connectivity index (χ0v) is 21.2. The van der Waals surface area contributed by atoms with Crippen LogP contribution in [0.2, 0.25) is 0 Å². The monoisotopic (exact) mass is 507 g/mol. The van der Waals surface area contributed by atoms with Crippen molar-refractivity contribution >= 4 is 11.8 Å². The maximum atomic E-state index is 13.7. The number of carbonyl (C=O) groups excluding carboxylic acids is 1. The summed E-state index contributed by atoms with van der Waals surface area (Å²) < 4.78 is 12.0. The molecule has 2 atom stereocenters. The third kappa shape index (κ3) is 6.39. The first-order valence-corrected chi connectivity index (χ1v) is 13.0. The molecule has 4 N–H and O–H groups in total. The molecule has 0 radical (unpaired) electrons. The van der Waals surface area contributed by atoms with Gasteiger partial charge in [0.15, 0.2) is 11.6 Å². The Labute approximate surface area is 218 Å². The number of carbonyl (C=O) groups is 1. The average molecular weight is 508 g/mol. The molecule has 1 fully saturated rings. The van der Waals surface area contributed by atoms with Crippen molar-refractivity contribution in [2.45, 2.75) is 62.2 Å². The SMILES string of the molecule is C=CC[C@]1(C(=O)NNCC2(O)CCCCC2)N=C(c2ccc(OCCCO)cc2)O[C@H]1c1ccccc1. The lowest BCUT2D eigenvalue weighted by Crippen LogP contribution is -2.55. The second-order valence-corrected chi connectivity index (χ2v) is 9.79. The summed E-state index contributed by atoms with van der Waals surface area (Å²) in [6.07, 6.45) is 6.35. The number of hydrogen-bond donors (Lipinski definition) is 4. The van der Waals surface area contributed by atoms with Crippen molar-refractivity contribution in [1.82, 2.24) is 10.9 Å². The van der Waals surface area contributed by atoms with Gasteiger partial charge in [0.25, 0.3) is 5.91 Å². The van der Waals surface area contributed by atoms with Crippen molar-refractivity contribution in [1.29, 1.82) is 0 Å². The van der Waals surface area contributed by atoms with Crippen LogP contribution in [-0.4, -0.2) is 52.9 Å². The van der Waals surface area contributed by atoms with E-state index in [1.807, 2.05) is 54.6 Å². The number of amides is 1. The molecule has 0 saturated heterocycles. The summed E-state index contributed by atoms with van der Waals surface area (Å²) in [5.41, 5.74) is 5.22. The van der Waals surface area contributed by atoms with Gasteiger partial charge in [0.05, 0.1) is 12.2 Å². The highest BCUT2D eigenvalue weighted by atomic mass is 16.5. The molecule has 1 saturated carbocycles. The van der Waals surface area contributed by atoms with Gasteiger partial charge in [-0.15, -0.1) is 6.58 Å². The van der Waals surface area contributed by atoms with E-state index < -0.39 is 17.2 Å². The number of nitrogens with zero attached hydrogens (tertiary/aromatic N) is 1. The van der Waals surface area contributed by atoms with Crippen LogP contribution in [0.1, 0.15) is 62.2 Å². The smallest absolute Gasteiger partial charge is 0.266 e. The molecule has 37 heavy (non-hydrogen) atoms. The number of ether oxygens (including phenoxy) is 2. The van der Waals surface area contributed by atoms with E-state index >= 15 is 0 Å². The van der Waals surface area contributed by atoms with Crippen molar-refractivity contribution in [2.24, 2.45) is 4.99 Å². The third-order valence-corrected chi connectivity index (χ3v) is 6.99. The van der Waals surface area contributed by atoms with Gasteiger partial charge in [-0.3, -0.25) is 10.2 Å². The minimum absolute atomic E-state index is 0.0746. The van der Waals surface area contributed by atoms with Crippen LogP contribution < -0.4 is 15.6 Å². The van der Waals surface area contributed by atoms with Gasteiger partial charge in [-0.05, 0) is 42.7 Å². The standard InChI is InChI=1S/C29H37N3O5/c1-2-16-29(27(34)32-30-21-28(35)17-7-4-8-18-28)25(22-10-5-3-6-11-22)37-26(31-29)23-12-14-24(15-13-23)36-20-9-19-33/h2-3,5-6,10-15,25,30,33,35H,1,4,7-9,16-21H2,(H,32,34)/t25-,29-/m0/s1. The minimum Gasteiger partial charge on any atom is -0.494 e. The van der Waals surface area contributed by atoms with Gasteiger partial charge in [-0.2, -0.15) is 0 Å². The van der Waals surface area contributed by atoms with Gasteiger partial charge < -0.3 is 19.7 Å². The Morgan fingerprint density at radius 1 is 1.14 bits per heavy atom. The highest BCUT2D eigenvalue weighted by Crippen LogP contribution is 2.42. The van der Waals surface area contributed by atoms with Crippen LogP contribution in [0.25, 0.3) is 0 Å². The summed E-state index contributed by atoms with van der Waals surface area (Å²) in [4.78, 5) is 18.6. The van der Waals surface area contributed by atoms with Crippen LogP contribution in [0.5, 0.6) is 5.75 Å². The fourth-order valence-corrected chi connectivity index (χ4v) is 4.95. The molecule has 198 valence electrons. The largest absolute Gasteiger partial charge is 0.494 e. The Kier molecular flexibility index (Phi) is 8.97. The topological polar surface area (TPSA) is 112 Å². The Hall–Kier alpha value is -3.20. The summed E-state index contributed by atoms with van der Waals surface area (Å²) in [6, 6.07) is 16.9. The van der Waals surface area contributed by atoms with Crippen LogP contribution in [0, 0.1) is 0 Å². The second kappa shape index (κ2) is 12.4. The second-order valence-electron chi connectivity index (χ2n) is 9.79. The van der Waals surface area contributed by atoms with Crippen molar-refractivity contribution in [3.63, 3.8) is 0 Å². The molecule has 0 unspecified atom stereocenters. The van der Waals surface area contributed by atoms with Crippen LogP contribution in [0.3, 0.4) is 0 Å². The minimum atomic E-state index is -1.28. The predicted octanol–water partition coefficient (Wildman–Crippen LogP) is 3.60. The van der Waals surface area contributed by atoms with E-state index in [9.17, 15) is 9.90 Å². The molecule has 8 nitrogen and oxygen atoms in total. The van der Waals surface area contributed by atoms with Crippen LogP contribution in [0.15, 0.2) is 72.2 Å². The van der Waals surface area contributed by atoms with E-state index in [0.717, 1.165) is 30.4 Å². The first-order chi connectivity index (χ1) is 18.0. The lowest BCUT2D eigenvalue weighted by Gasteiger charge is -2.33. The van der Waals surface area contributed by atoms with E-state index in [-0.39, 0.29) is 25.5 Å². The Bertz CT molecular complexity index is 1070. The molecule has 2 aliphatic rings. The lowest BCUT2D eigenvalue weighted by atomic mass is 9.84. The molecular formula is C29H37N3O5. The Morgan fingerprint density at radius 3 is 2.54 bits per heavy atom. The molecule has 1 heterocycles. The number of nitrogens with one attached hydrogen (secondary N) is 2. The van der Waals surface area contributed by atoms with Crippen molar-refractivity contribution in [2.75, 3.05) is 19.8 Å². The Morgan fingerprint density at radius 2 is 1.86 bits per heavy atom. The zero-order valence-electron chi connectivity index (χ0n) is 21.2. The maximum absolute atomic E-state index is 13.7. The van der Waals surface area contributed by atoms with Gasteiger partial charge in [0.1, 0.15) is 5.75 Å². The first-order valence-electron chi connectivity index (χ1n) is 13.0. The van der Waals surface area contributed by atoms with E-state index in [2.05, 4.69) is 17.4 Å². The molecule has 1 amide bonds. The first kappa shape index (κ1) is 26.9. The van der Waals surface area contributed by atoms with Gasteiger partial charge in [0, 0.05) is 31.6 Å². The molecule has 2 aromatic carbocycles. The van der Waals surface area contributed by atoms with Gasteiger partial charge in [0.2, 0.25) is 5.90 Å².